The Labute approximate surface area is 130 Å². The Hall–Kier alpha value is -1.55. The predicted molar refractivity (Wildman–Crippen MR) is 85.6 cm³/mol. The molecule has 21 heavy (non-hydrogen) atoms. The third-order valence-corrected chi connectivity index (χ3v) is 3.63. The molecule has 0 bridgehead atoms. The minimum absolute atomic E-state index is 0.133. The van der Waals surface area contributed by atoms with Crippen molar-refractivity contribution in [2.24, 2.45) is 5.73 Å². The third-order valence-electron chi connectivity index (χ3n) is 3.32. The molecule has 2 aromatic rings. The second kappa shape index (κ2) is 8.03. The predicted octanol–water partition coefficient (Wildman–Crippen LogP) is 2.74. The van der Waals surface area contributed by atoms with Gasteiger partial charge in [-0.25, -0.2) is 0 Å². The van der Waals surface area contributed by atoms with Crippen molar-refractivity contribution in [3.05, 3.63) is 65.7 Å². The number of rotatable bonds is 7. The van der Waals surface area contributed by atoms with Crippen molar-refractivity contribution >= 4 is 11.6 Å². The molecule has 4 heteroatoms. The number of para-hydroxylation sites is 1. The summed E-state index contributed by atoms with van der Waals surface area (Å²) in [5.41, 5.74) is 8.03. The van der Waals surface area contributed by atoms with Crippen LogP contribution in [0.1, 0.15) is 11.1 Å². The Balaban J connectivity index is 2.03. The monoisotopic (exact) mass is 305 g/mol. The van der Waals surface area contributed by atoms with Gasteiger partial charge in [-0.2, -0.15) is 0 Å². The molecular weight excluding hydrogens is 286 g/mol. The van der Waals surface area contributed by atoms with Crippen LogP contribution in [0.15, 0.2) is 54.6 Å². The first-order chi connectivity index (χ1) is 10.2. The zero-order valence-electron chi connectivity index (χ0n) is 11.8. The van der Waals surface area contributed by atoms with Crippen molar-refractivity contribution in [1.29, 1.82) is 0 Å². The van der Waals surface area contributed by atoms with E-state index < -0.39 is 12.1 Å². The van der Waals surface area contributed by atoms with E-state index in [1.165, 1.54) is 0 Å². The number of ether oxygens (including phenoxy) is 1. The van der Waals surface area contributed by atoms with Crippen molar-refractivity contribution in [3.8, 4) is 5.75 Å². The maximum Gasteiger partial charge on any atom is 0.123 e. The molecule has 2 unspecified atom stereocenters. The van der Waals surface area contributed by atoms with Crippen LogP contribution in [0.3, 0.4) is 0 Å². The van der Waals surface area contributed by atoms with Crippen LogP contribution in [0, 0.1) is 0 Å². The van der Waals surface area contributed by atoms with Crippen LogP contribution in [-0.4, -0.2) is 23.1 Å². The van der Waals surface area contributed by atoms with E-state index in [1.54, 1.807) is 0 Å². The number of alkyl halides is 1. The number of benzene rings is 2. The van der Waals surface area contributed by atoms with Crippen molar-refractivity contribution in [2.45, 2.75) is 25.2 Å². The molecule has 3 nitrogen and oxygen atoms in total. The highest BCUT2D eigenvalue weighted by molar-refractivity contribution is 6.18. The van der Waals surface area contributed by atoms with E-state index in [9.17, 15) is 5.11 Å². The molecule has 0 saturated heterocycles. The van der Waals surface area contributed by atoms with Crippen LogP contribution < -0.4 is 10.5 Å². The summed E-state index contributed by atoms with van der Waals surface area (Å²) in [6, 6.07) is 17.3. The summed E-state index contributed by atoms with van der Waals surface area (Å²) in [5, 5.41) is 9.69. The Morgan fingerprint density at radius 3 is 2.43 bits per heavy atom. The lowest BCUT2D eigenvalue weighted by atomic mass is 10.0. The summed E-state index contributed by atoms with van der Waals surface area (Å²) in [7, 11) is 0. The van der Waals surface area contributed by atoms with Gasteiger partial charge >= 0.3 is 0 Å². The lowest BCUT2D eigenvalue weighted by Crippen LogP contribution is -2.37. The van der Waals surface area contributed by atoms with E-state index in [0.29, 0.717) is 13.0 Å². The molecule has 3 N–H and O–H groups in total. The van der Waals surface area contributed by atoms with Crippen LogP contribution in [0.4, 0.5) is 0 Å². The van der Waals surface area contributed by atoms with Crippen LogP contribution in [0.2, 0.25) is 0 Å². The van der Waals surface area contributed by atoms with E-state index in [1.807, 2.05) is 54.6 Å². The fraction of sp³-hybridized carbons (Fsp3) is 0.294. The van der Waals surface area contributed by atoms with Crippen molar-refractivity contribution in [3.63, 3.8) is 0 Å². The van der Waals surface area contributed by atoms with Crippen molar-refractivity contribution in [1.82, 2.24) is 0 Å². The molecule has 0 radical (unpaired) electrons. The lowest BCUT2D eigenvalue weighted by Gasteiger charge is -2.18. The summed E-state index contributed by atoms with van der Waals surface area (Å²) in [6.45, 7) is 0.505. The molecule has 2 rings (SSSR count). The number of aliphatic hydroxyl groups excluding tert-OH is 1. The quantitative estimate of drug-likeness (QED) is 0.773. The SMILES string of the molecule is NC(Cc1ccccc1OCc1ccccc1)C(O)CCl. The summed E-state index contributed by atoms with van der Waals surface area (Å²) < 4.78 is 5.87. The first-order valence-corrected chi connectivity index (χ1v) is 7.48. The van der Waals surface area contributed by atoms with E-state index in [0.717, 1.165) is 16.9 Å². The molecule has 2 atom stereocenters. The first-order valence-electron chi connectivity index (χ1n) is 6.95. The third kappa shape index (κ3) is 4.74. The topological polar surface area (TPSA) is 55.5 Å². The average Bonchev–Trinajstić information content (AvgIpc) is 2.54. The second-order valence-electron chi connectivity index (χ2n) is 4.97. The van der Waals surface area contributed by atoms with Crippen LogP contribution in [-0.2, 0) is 13.0 Å². The van der Waals surface area contributed by atoms with Crippen LogP contribution in [0.5, 0.6) is 5.75 Å². The zero-order valence-corrected chi connectivity index (χ0v) is 12.5. The van der Waals surface area contributed by atoms with Gasteiger partial charge in [0.25, 0.3) is 0 Å². The molecule has 0 saturated carbocycles. The standard InChI is InChI=1S/C17H20ClNO2/c18-11-16(20)15(19)10-14-8-4-5-9-17(14)21-12-13-6-2-1-3-7-13/h1-9,15-16,20H,10-12,19H2. The van der Waals surface area contributed by atoms with Crippen molar-refractivity contribution in [2.75, 3.05) is 5.88 Å². The number of aliphatic hydroxyl groups is 1. The maximum absolute atomic E-state index is 9.69. The zero-order chi connectivity index (χ0) is 15.1. The number of hydrogen-bond donors (Lipinski definition) is 2. The summed E-state index contributed by atoms with van der Waals surface area (Å²) >= 11 is 5.63. The Bertz CT molecular complexity index is 547. The molecule has 0 aliphatic heterocycles. The Morgan fingerprint density at radius 1 is 1.05 bits per heavy atom. The van der Waals surface area contributed by atoms with E-state index in [-0.39, 0.29) is 5.88 Å². The van der Waals surface area contributed by atoms with Gasteiger partial charge in [-0.1, -0.05) is 48.5 Å². The first kappa shape index (κ1) is 15.8. The van der Waals surface area contributed by atoms with E-state index in [4.69, 9.17) is 22.1 Å². The average molecular weight is 306 g/mol. The van der Waals surface area contributed by atoms with Gasteiger partial charge in [0, 0.05) is 11.9 Å². The van der Waals surface area contributed by atoms with Gasteiger partial charge in [-0.15, -0.1) is 11.6 Å². The van der Waals surface area contributed by atoms with Gasteiger partial charge < -0.3 is 15.6 Å². The van der Waals surface area contributed by atoms with Gasteiger partial charge in [0.15, 0.2) is 0 Å². The molecule has 0 heterocycles. The number of halogens is 1. The molecule has 0 aromatic heterocycles. The second-order valence-corrected chi connectivity index (χ2v) is 5.28. The molecule has 0 fully saturated rings. The van der Waals surface area contributed by atoms with E-state index >= 15 is 0 Å². The van der Waals surface area contributed by atoms with Crippen molar-refractivity contribution < 1.29 is 9.84 Å². The van der Waals surface area contributed by atoms with E-state index in [2.05, 4.69) is 0 Å². The fourth-order valence-electron chi connectivity index (χ4n) is 2.05. The minimum Gasteiger partial charge on any atom is -0.489 e. The molecule has 112 valence electrons. The number of nitrogens with two attached hydrogens (primary N) is 1. The molecule has 0 aliphatic carbocycles. The molecular formula is C17H20ClNO2. The highest BCUT2D eigenvalue weighted by atomic mass is 35.5. The lowest BCUT2D eigenvalue weighted by molar-refractivity contribution is 0.165. The highest BCUT2D eigenvalue weighted by Gasteiger charge is 2.16. The molecule has 0 amide bonds. The molecule has 0 spiro atoms. The van der Waals surface area contributed by atoms with Gasteiger partial charge in [-0.05, 0) is 23.6 Å². The fourth-order valence-corrected chi connectivity index (χ4v) is 2.28. The smallest absolute Gasteiger partial charge is 0.123 e. The van der Waals surface area contributed by atoms with Crippen LogP contribution >= 0.6 is 11.6 Å². The number of hydrogen-bond acceptors (Lipinski definition) is 3. The molecule has 2 aromatic carbocycles. The van der Waals surface area contributed by atoms with Gasteiger partial charge in [0.05, 0.1) is 6.10 Å². The maximum atomic E-state index is 9.69. The molecule has 0 aliphatic rings. The summed E-state index contributed by atoms with van der Waals surface area (Å²) in [5.74, 6) is 0.923. The summed E-state index contributed by atoms with van der Waals surface area (Å²) in [4.78, 5) is 0. The minimum atomic E-state index is -0.714. The van der Waals surface area contributed by atoms with Crippen LogP contribution in [0.25, 0.3) is 0 Å². The largest absolute Gasteiger partial charge is 0.489 e. The summed E-state index contributed by atoms with van der Waals surface area (Å²) in [6.07, 6.45) is -0.187. The van der Waals surface area contributed by atoms with Gasteiger partial charge in [-0.3, -0.25) is 0 Å². The van der Waals surface area contributed by atoms with Gasteiger partial charge in [0.1, 0.15) is 12.4 Å². The Morgan fingerprint density at radius 2 is 1.71 bits per heavy atom. The highest BCUT2D eigenvalue weighted by Crippen LogP contribution is 2.21. The normalized spacial score (nSPS) is 13.7. The van der Waals surface area contributed by atoms with Gasteiger partial charge in [0.2, 0.25) is 0 Å². The Kier molecular flexibility index (Phi) is 6.05.